The summed E-state index contributed by atoms with van der Waals surface area (Å²) in [6.07, 6.45) is 7.16. The molecule has 0 atom stereocenters. The lowest BCUT2D eigenvalue weighted by atomic mass is 10.3. The molecule has 0 saturated carbocycles. The van der Waals surface area contributed by atoms with Gasteiger partial charge in [0.15, 0.2) is 0 Å². The highest BCUT2D eigenvalue weighted by Crippen LogP contribution is 1.91. The zero-order valence-electron chi connectivity index (χ0n) is 7.16. The number of imidazole rings is 1. The maximum atomic E-state index is 9.76. The van der Waals surface area contributed by atoms with Crippen molar-refractivity contribution in [1.82, 2.24) is 9.97 Å². The third-order valence-corrected chi connectivity index (χ3v) is 1.15. The molecule has 4 nitrogen and oxygen atoms in total. The minimum atomic E-state index is -0.693. The molecule has 0 aliphatic heterocycles. The number of carboxylic acid groups (broad SMARTS) is 1. The number of rotatable bonds is 3. The first-order chi connectivity index (χ1) is 5.77. The summed E-state index contributed by atoms with van der Waals surface area (Å²) in [5.41, 5.74) is 0. The fourth-order valence-electron chi connectivity index (χ4n) is 0.543. The molecule has 0 spiro atoms. The Hall–Kier alpha value is -1.32. The second kappa shape index (κ2) is 7.78. The Morgan fingerprint density at radius 3 is 2.58 bits per heavy atom. The average Bonchev–Trinajstić information content (AvgIpc) is 2.57. The number of nitrogens with one attached hydrogen (secondary N) is 1. The molecule has 0 aliphatic carbocycles. The molecule has 0 aromatic carbocycles. The van der Waals surface area contributed by atoms with Crippen molar-refractivity contribution < 1.29 is 9.90 Å². The van der Waals surface area contributed by atoms with Crippen molar-refractivity contribution in [2.75, 3.05) is 0 Å². The van der Waals surface area contributed by atoms with Gasteiger partial charge in [-0.1, -0.05) is 13.3 Å². The smallest absolute Gasteiger partial charge is 0.303 e. The van der Waals surface area contributed by atoms with E-state index in [9.17, 15) is 4.79 Å². The van der Waals surface area contributed by atoms with Crippen molar-refractivity contribution in [3.8, 4) is 0 Å². The molecule has 0 fully saturated rings. The van der Waals surface area contributed by atoms with Crippen LogP contribution in [0.15, 0.2) is 18.7 Å². The van der Waals surface area contributed by atoms with Crippen molar-refractivity contribution in [2.45, 2.75) is 26.2 Å². The zero-order valence-corrected chi connectivity index (χ0v) is 7.16. The van der Waals surface area contributed by atoms with Gasteiger partial charge in [0.25, 0.3) is 0 Å². The number of aromatic amines is 1. The minimum absolute atomic E-state index is 0.316. The standard InChI is InChI=1S/C5H10O2.C3H4N2/c1-2-3-4-5(6)7;1-2-5-3-4-1/h2-4H2,1H3,(H,6,7);1-3H,(H,4,5). The third-order valence-electron chi connectivity index (χ3n) is 1.15. The second-order valence-electron chi connectivity index (χ2n) is 2.26. The Morgan fingerprint density at radius 2 is 2.42 bits per heavy atom. The molecule has 1 heterocycles. The van der Waals surface area contributed by atoms with Gasteiger partial charge in [-0.25, -0.2) is 4.98 Å². The SMILES string of the molecule is CCCCC(=O)O.c1c[nH]cn1. The normalized spacial score (nSPS) is 8.42. The van der Waals surface area contributed by atoms with Crippen LogP contribution in [-0.2, 0) is 4.79 Å². The van der Waals surface area contributed by atoms with Crippen LogP contribution in [-0.4, -0.2) is 21.0 Å². The molecule has 1 aromatic heterocycles. The first-order valence-electron chi connectivity index (χ1n) is 3.92. The number of nitrogens with zero attached hydrogens (tertiary/aromatic N) is 1. The molecule has 0 unspecified atom stereocenters. The fourth-order valence-corrected chi connectivity index (χ4v) is 0.543. The first kappa shape index (κ1) is 10.7. The topological polar surface area (TPSA) is 66.0 Å². The summed E-state index contributed by atoms with van der Waals surface area (Å²) in [7, 11) is 0. The Bertz CT molecular complexity index is 168. The molecule has 1 rings (SSSR count). The lowest BCUT2D eigenvalue weighted by molar-refractivity contribution is -0.137. The van der Waals surface area contributed by atoms with Gasteiger partial charge in [0.05, 0.1) is 6.33 Å². The number of hydrogen-bond donors (Lipinski definition) is 2. The molecule has 2 N–H and O–H groups in total. The van der Waals surface area contributed by atoms with Crippen molar-refractivity contribution in [3.63, 3.8) is 0 Å². The quantitative estimate of drug-likeness (QED) is 0.725. The molecule has 4 heteroatoms. The summed E-state index contributed by atoms with van der Waals surface area (Å²) in [6.45, 7) is 1.98. The molecule has 0 amide bonds. The lowest BCUT2D eigenvalue weighted by Gasteiger charge is -1.85. The van der Waals surface area contributed by atoms with Crippen LogP contribution < -0.4 is 0 Å². The predicted octanol–water partition coefficient (Wildman–Crippen LogP) is 1.67. The van der Waals surface area contributed by atoms with Crippen LogP contribution in [0.25, 0.3) is 0 Å². The van der Waals surface area contributed by atoms with Crippen LogP contribution >= 0.6 is 0 Å². The fraction of sp³-hybridized carbons (Fsp3) is 0.500. The molecule has 1 aromatic rings. The van der Waals surface area contributed by atoms with Crippen molar-refractivity contribution >= 4 is 5.97 Å². The van der Waals surface area contributed by atoms with Gasteiger partial charge in [0, 0.05) is 18.8 Å². The second-order valence-corrected chi connectivity index (χ2v) is 2.26. The maximum absolute atomic E-state index is 9.76. The number of aliphatic carboxylic acids is 1. The Labute approximate surface area is 71.6 Å². The van der Waals surface area contributed by atoms with E-state index in [-0.39, 0.29) is 0 Å². The highest BCUT2D eigenvalue weighted by Gasteiger charge is 1.90. The van der Waals surface area contributed by atoms with E-state index in [0.29, 0.717) is 6.42 Å². The van der Waals surface area contributed by atoms with E-state index < -0.39 is 5.97 Å². The van der Waals surface area contributed by atoms with Crippen LogP contribution in [0.3, 0.4) is 0 Å². The molecule has 0 saturated heterocycles. The van der Waals surface area contributed by atoms with Crippen LogP contribution in [0.2, 0.25) is 0 Å². The van der Waals surface area contributed by atoms with Crippen molar-refractivity contribution in [1.29, 1.82) is 0 Å². The molecule has 0 radical (unpaired) electrons. The van der Waals surface area contributed by atoms with E-state index in [1.807, 2.05) is 6.92 Å². The van der Waals surface area contributed by atoms with Crippen molar-refractivity contribution in [3.05, 3.63) is 18.7 Å². The van der Waals surface area contributed by atoms with E-state index in [1.165, 1.54) is 0 Å². The maximum Gasteiger partial charge on any atom is 0.303 e. The van der Waals surface area contributed by atoms with E-state index >= 15 is 0 Å². The average molecular weight is 170 g/mol. The molecule has 12 heavy (non-hydrogen) atoms. The van der Waals surface area contributed by atoms with Gasteiger partial charge in [-0.05, 0) is 6.42 Å². The number of carboxylic acids is 1. The third kappa shape index (κ3) is 8.68. The van der Waals surface area contributed by atoms with E-state index in [4.69, 9.17) is 5.11 Å². The summed E-state index contributed by atoms with van der Waals surface area (Å²) >= 11 is 0. The summed E-state index contributed by atoms with van der Waals surface area (Å²) in [4.78, 5) is 16.2. The number of hydrogen-bond acceptors (Lipinski definition) is 2. The van der Waals surface area contributed by atoms with E-state index in [2.05, 4.69) is 9.97 Å². The Kier molecular flexibility index (Phi) is 6.93. The number of carbonyl (C=O) groups is 1. The summed E-state index contributed by atoms with van der Waals surface area (Å²) in [5, 5.41) is 8.04. The minimum Gasteiger partial charge on any atom is -0.481 e. The van der Waals surface area contributed by atoms with Crippen LogP contribution in [0, 0.1) is 0 Å². The zero-order chi connectivity index (χ0) is 9.23. The van der Waals surface area contributed by atoms with Crippen LogP contribution in [0.1, 0.15) is 26.2 Å². The summed E-state index contributed by atoms with van der Waals surface area (Å²) < 4.78 is 0. The monoisotopic (exact) mass is 170 g/mol. The van der Waals surface area contributed by atoms with Gasteiger partial charge in [0.2, 0.25) is 0 Å². The largest absolute Gasteiger partial charge is 0.481 e. The predicted molar refractivity (Wildman–Crippen MR) is 45.7 cm³/mol. The number of H-pyrrole nitrogens is 1. The number of aromatic nitrogens is 2. The molecule has 68 valence electrons. The molecule has 0 bridgehead atoms. The number of unbranched alkanes of at least 4 members (excludes halogenated alkanes) is 1. The Balaban J connectivity index is 0.000000211. The highest BCUT2D eigenvalue weighted by atomic mass is 16.4. The molecule has 0 aliphatic rings. The Morgan fingerprint density at radius 1 is 1.67 bits per heavy atom. The van der Waals surface area contributed by atoms with Gasteiger partial charge in [-0.3, -0.25) is 4.79 Å². The highest BCUT2D eigenvalue weighted by molar-refractivity contribution is 5.66. The van der Waals surface area contributed by atoms with Gasteiger partial charge >= 0.3 is 5.97 Å². The van der Waals surface area contributed by atoms with E-state index in [0.717, 1.165) is 12.8 Å². The van der Waals surface area contributed by atoms with Crippen molar-refractivity contribution in [2.24, 2.45) is 0 Å². The van der Waals surface area contributed by atoms with Crippen LogP contribution in [0.4, 0.5) is 0 Å². The van der Waals surface area contributed by atoms with Gasteiger partial charge < -0.3 is 10.1 Å². The lowest BCUT2D eigenvalue weighted by Crippen LogP contribution is -1.91. The summed E-state index contributed by atoms with van der Waals surface area (Å²) in [6, 6.07) is 0. The molecular weight excluding hydrogens is 156 g/mol. The van der Waals surface area contributed by atoms with Crippen LogP contribution in [0.5, 0.6) is 0 Å². The van der Waals surface area contributed by atoms with Gasteiger partial charge in [-0.2, -0.15) is 0 Å². The van der Waals surface area contributed by atoms with Gasteiger partial charge in [0.1, 0.15) is 0 Å². The first-order valence-corrected chi connectivity index (χ1v) is 3.92. The van der Waals surface area contributed by atoms with E-state index in [1.54, 1.807) is 18.7 Å². The van der Waals surface area contributed by atoms with Gasteiger partial charge in [-0.15, -0.1) is 0 Å². The molecular formula is C8H14N2O2. The summed E-state index contributed by atoms with van der Waals surface area (Å²) in [5.74, 6) is -0.693.